The number of fused-ring (bicyclic) bond motifs is 8. The highest BCUT2D eigenvalue weighted by Gasteiger charge is 2.29. The van der Waals surface area contributed by atoms with Crippen molar-refractivity contribution in [3.05, 3.63) is 101 Å². The van der Waals surface area contributed by atoms with Gasteiger partial charge in [0.25, 0.3) is 10.1 Å². The van der Waals surface area contributed by atoms with E-state index in [9.17, 15) is 32.1 Å². The highest BCUT2D eigenvalue weighted by molar-refractivity contribution is 7.94. The van der Waals surface area contributed by atoms with Crippen LogP contribution in [0.3, 0.4) is 0 Å². The molecular formula is C28H13ClN2O10S2. The first-order chi connectivity index (χ1) is 20.5. The van der Waals surface area contributed by atoms with E-state index in [1.165, 1.54) is 42.5 Å². The number of benzene rings is 6. The number of nitrogens with one attached hydrogen (secondary N) is 2. The topological polar surface area (TPSA) is 193 Å². The van der Waals surface area contributed by atoms with Crippen LogP contribution < -0.4 is 21.7 Å². The van der Waals surface area contributed by atoms with Gasteiger partial charge in [0, 0.05) is 21.5 Å². The summed E-state index contributed by atoms with van der Waals surface area (Å²) < 4.78 is 40.1. The molecule has 0 aliphatic rings. The fraction of sp³-hybridized carbons (Fsp3) is 0. The van der Waals surface area contributed by atoms with Crippen LogP contribution in [0.5, 0.6) is 0 Å². The molecule has 1 heterocycles. The fourth-order valence-electron chi connectivity index (χ4n) is 5.64. The van der Waals surface area contributed by atoms with Gasteiger partial charge in [-0.15, -0.1) is 4.33 Å². The fourth-order valence-corrected chi connectivity index (χ4v) is 7.50. The minimum absolute atomic E-state index is 0.00836. The van der Waals surface area contributed by atoms with Crippen molar-refractivity contribution in [1.82, 2.24) is 9.97 Å². The summed E-state index contributed by atoms with van der Waals surface area (Å²) in [5.74, 6) is 0. The van der Waals surface area contributed by atoms with E-state index in [-0.39, 0.29) is 64.7 Å². The maximum absolute atomic E-state index is 13.8. The zero-order valence-corrected chi connectivity index (χ0v) is 23.4. The van der Waals surface area contributed by atoms with Gasteiger partial charge in [0.2, 0.25) is 0 Å². The predicted molar refractivity (Wildman–Crippen MR) is 162 cm³/mol. The highest BCUT2D eigenvalue weighted by Crippen LogP contribution is 2.38. The molecule has 0 aliphatic heterocycles. The van der Waals surface area contributed by atoms with Gasteiger partial charge in [-0.3, -0.25) is 23.7 Å². The molecule has 4 N–H and O–H groups in total. The van der Waals surface area contributed by atoms with E-state index in [1.807, 2.05) is 0 Å². The van der Waals surface area contributed by atoms with Crippen molar-refractivity contribution < 1.29 is 27.6 Å². The lowest BCUT2D eigenvalue weighted by atomic mass is 9.99. The van der Waals surface area contributed by atoms with Crippen molar-refractivity contribution in [2.45, 2.75) is 9.79 Å². The normalized spacial score (nSPS) is 12.4. The molecule has 0 bridgehead atoms. The van der Waals surface area contributed by atoms with Crippen LogP contribution in [0.1, 0.15) is 0 Å². The smallest absolute Gasteiger partial charge is 0.296 e. The van der Waals surface area contributed by atoms with E-state index in [0.29, 0.717) is 12.0 Å². The van der Waals surface area contributed by atoms with Gasteiger partial charge >= 0.3 is 0 Å². The second kappa shape index (κ2) is 9.55. The van der Waals surface area contributed by atoms with Crippen LogP contribution >= 0.6 is 23.6 Å². The molecule has 15 heteroatoms. The van der Waals surface area contributed by atoms with Gasteiger partial charge in [0.05, 0.1) is 65.6 Å². The lowest BCUT2D eigenvalue weighted by molar-refractivity contribution is -0.432. The molecule has 0 aliphatic carbocycles. The van der Waals surface area contributed by atoms with E-state index in [4.69, 9.17) is 16.9 Å². The maximum Gasteiger partial charge on any atom is 0.296 e. The minimum Gasteiger partial charge on any atom is -0.351 e. The molecule has 7 aromatic rings. The summed E-state index contributed by atoms with van der Waals surface area (Å²) >= 11 is 6.99. The number of rotatable bonds is 4. The quantitative estimate of drug-likeness (QED) is 0.0532. The average Bonchev–Trinajstić information content (AvgIpc) is 2.99. The van der Waals surface area contributed by atoms with E-state index < -0.39 is 47.1 Å². The summed E-state index contributed by atoms with van der Waals surface area (Å²) in [7, 11) is -5.19. The minimum atomic E-state index is -5.19. The number of aromatic amines is 2. The Morgan fingerprint density at radius 3 is 1.70 bits per heavy atom. The summed E-state index contributed by atoms with van der Waals surface area (Å²) in [6, 6.07) is 13.2. The Kier molecular flexibility index (Phi) is 6.09. The molecule has 7 rings (SSSR count). The summed E-state index contributed by atoms with van der Waals surface area (Å²) in [4.78, 5) is 59.7. The number of halogens is 1. The molecule has 0 radical (unpaired) electrons. The third-order valence-electron chi connectivity index (χ3n) is 7.35. The number of hydrogen-bond donors (Lipinski definition) is 4. The zero-order chi connectivity index (χ0) is 30.4. The van der Waals surface area contributed by atoms with Gasteiger partial charge in [-0.05, 0) is 6.07 Å². The molecule has 0 spiro atoms. The van der Waals surface area contributed by atoms with Crippen molar-refractivity contribution in [2.75, 3.05) is 0 Å². The van der Waals surface area contributed by atoms with Gasteiger partial charge < -0.3 is 9.97 Å². The van der Waals surface area contributed by atoms with Gasteiger partial charge in [-0.2, -0.15) is 8.42 Å². The van der Waals surface area contributed by atoms with Crippen molar-refractivity contribution in [2.24, 2.45) is 0 Å². The number of aromatic nitrogens is 2. The van der Waals surface area contributed by atoms with Gasteiger partial charge in [-0.25, -0.2) is 5.26 Å². The second-order valence-electron chi connectivity index (χ2n) is 9.55. The third kappa shape index (κ3) is 3.82. The van der Waals surface area contributed by atoms with Gasteiger partial charge in [0.15, 0.2) is 21.7 Å². The number of hydrogen-bond acceptors (Lipinski definition) is 10. The molecule has 0 amide bonds. The van der Waals surface area contributed by atoms with Crippen LogP contribution in [0.2, 0.25) is 5.02 Å². The third-order valence-corrected chi connectivity index (χ3v) is 9.39. The van der Waals surface area contributed by atoms with Crippen LogP contribution in [-0.2, 0) is 19.5 Å². The van der Waals surface area contributed by atoms with Gasteiger partial charge in [0.1, 0.15) is 4.90 Å². The molecule has 0 saturated heterocycles. The SMILES string of the molecule is O=c1c2ccccc2c(=O)c2c1c(SOOO)cc1[nH]c3c([nH]c12)c(Cl)c(S(=O)(=O)O)c1c(=O)c2ccccc2c(=O)c13. The van der Waals surface area contributed by atoms with Crippen molar-refractivity contribution in [1.29, 1.82) is 0 Å². The lowest BCUT2D eigenvalue weighted by Gasteiger charge is -2.15. The molecule has 12 nitrogen and oxygen atoms in total. The molecular weight excluding hydrogens is 624 g/mol. The Hall–Kier alpha value is -4.41. The Morgan fingerprint density at radius 1 is 0.698 bits per heavy atom. The zero-order valence-electron chi connectivity index (χ0n) is 21.1. The average molecular weight is 637 g/mol. The van der Waals surface area contributed by atoms with Crippen LogP contribution in [0, 0.1) is 0 Å². The van der Waals surface area contributed by atoms with E-state index in [1.54, 1.807) is 12.1 Å². The van der Waals surface area contributed by atoms with E-state index in [0.717, 1.165) is 0 Å². The molecule has 6 aromatic carbocycles. The molecule has 0 saturated carbocycles. The highest BCUT2D eigenvalue weighted by atomic mass is 35.5. The summed E-state index contributed by atoms with van der Waals surface area (Å²) in [5, 5.41) is 10.7. The second-order valence-corrected chi connectivity index (χ2v) is 12.0. The van der Waals surface area contributed by atoms with Crippen LogP contribution in [0.25, 0.3) is 65.2 Å². The number of H-pyrrole nitrogens is 2. The summed E-state index contributed by atoms with van der Waals surface area (Å²) in [6.45, 7) is 0. The monoisotopic (exact) mass is 636 g/mol. The Bertz CT molecular complexity index is 2750. The first-order valence-electron chi connectivity index (χ1n) is 12.2. The van der Waals surface area contributed by atoms with E-state index in [2.05, 4.69) is 19.3 Å². The summed E-state index contributed by atoms with van der Waals surface area (Å²) in [5.41, 5.74) is -2.99. The van der Waals surface area contributed by atoms with Crippen molar-refractivity contribution in [3.63, 3.8) is 0 Å². The Balaban J connectivity index is 1.81. The Labute approximate surface area is 246 Å². The first kappa shape index (κ1) is 27.4. The predicted octanol–water partition coefficient (Wildman–Crippen LogP) is 4.47. The molecule has 214 valence electrons. The maximum atomic E-state index is 13.8. The molecule has 43 heavy (non-hydrogen) atoms. The standard InChI is InChI=1S/C28H13ClN2O10S2/c29-20-23-22(18-19(28(20)43(37,38)39)27(35)13-8-4-3-7-12(13)26(18)34)30-14-9-15(42-41-40-36)16-17(21(14)31-23)25(33)11-6-2-1-5-10(11)24(16)32/h1-9,30-31,36H,(H,37,38,39). The largest absolute Gasteiger partial charge is 0.351 e. The van der Waals surface area contributed by atoms with Gasteiger partial charge in [-0.1, -0.05) is 65.2 Å². The van der Waals surface area contributed by atoms with Crippen LogP contribution in [-0.4, -0.2) is 28.2 Å². The summed E-state index contributed by atoms with van der Waals surface area (Å²) in [6.07, 6.45) is 0. The Morgan fingerprint density at radius 2 is 1.19 bits per heavy atom. The van der Waals surface area contributed by atoms with Crippen LogP contribution in [0.4, 0.5) is 0 Å². The molecule has 0 fully saturated rings. The molecule has 0 unspecified atom stereocenters. The van der Waals surface area contributed by atoms with Crippen molar-refractivity contribution in [3.8, 4) is 0 Å². The van der Waals surface area contributed by atoms with Crippen molar-refractivity contribution >= 4 is 98.9 Å². The molecule has 0 atom stereocenters. The lowest BCUT2D eigenvalue weighted by Crippen LogP contribution is -2.18. The first-order valence-corrected chi connectivity index (χ1v) is 14.7. The van der Waals surface area contributed by atoms with E-state index >= 15 is 0 Å². The van der Waals surface area contributed by atoms with Crippen LogP contribution in [0.15, 0.2) is 83.6 Å². The molecule has 1 aromatic heterocycles.